The maximum Gasteiger partial charge on any atom is 0.320 e. The predicted octanol–water partition coefficient (Wildman–Crippen LogP) is 3.55. The van der Waals surface area contributed by atoms with Gasteiger partial charge < -0.3 is 15.9 Å². The fourth-order valence-electron chi connectivity index (χ4n) is 2.35. The number of carboxylic acid groups (broad SMARTS) is 2. The summed E-state index contributed by atoms with van der Waals surface area (Å²) in [6.07, 6.45) is 13.1. The van der Waals surface area contributed by atoms with Crippen LogP contribution in [0.1, 0.15) is 83.5 Å². The molecule has 0 amide bonds. The van der Waals surface area contributed by atoms with Crippen molar-refractivity contribution in [3.8, 4) is 0 Å². The fraction of sp³-hybridized carbons (Fsp3) is 0.875. The quantitative estimate of drug-likeness (QED) is 0.401. The van der Waals surface area contributed by atoms with E-state index in [9.17, 15) is 9.59 Å². The van der Waals surface area contributed by atoms with Gasteiger partial charge in [-0.1, -0.05) is 64.2 Å². The van der Waals surface area contributed by atoms with Crippen LogP contribution >= 0.6 is 0 Å². The minimum Gasteiger partial charge on any atom is -0.481 e. The number of hydrogen-bond acceptors (Lipinski definition) is 3. The second-order valence-electron chi connectivity index (χ2n) is 5.77. The molecule has 4 N–H and O–H groups in total. The third-order valence-electron chi connectivity index (χ3n) is 3.72. The topological polar surface area (TPSA) is 101 Å². The minimum absolute atomic E-state index is 0.297. The van der Waals surface area contributed by atoms with Crippen LogP contribution in [0.3, 0.4) is 0 Å². The minimum atomic E-state index is -0.904. The Balaban J connectivity index is 3.09. The molecule has 1 atom stereocenters. The number of aliphatic carboxylic acids is 2. The van der Waals surface area contributed by atoms with Gasteiger partial charge in [-0.3, -0.25) is 9.59 Å². The molecule has 0 radical (unpaired) electrons. The SMILES string of the molecule is NC(CCCCCCCCCCCCCC(=O)O)C(=O)O. The van der Waals surface area contributed by atoms with E-state index in [0.29, 0.717) is 12.8 Å². The highest BCUT2D eigenvalue weighted by molar-refractivity contribution is 5.72. The van der Waals surface area contributed by atoms with Gasteiger partial charge in [0.25, 0.3) is 0 Å². The van der Waals surface area contributed by atoms with Crippen molar-refractivity contribution in [2.75, 3.05) is 0 Å². The number of hydrogen-bond donors (Lipinski definition) is 3. The summed E-state index contributed by atoms with van der Waals surface area (Å²) in [5.74, 6) is -1.60. The fourth-order valence-corrected chi connectivity index (χ4v) is 2.35. The predicted molar refractivity (Wildman–Crippen MR) is 83.3 cm³/mol. The monoisotopic (exact) mass is 301 g/mol. The van der Waals surface area contributed by atoms with E-state index < -0.39 is 18.0 Å². The summed E-state index contributed by atoms with van der Waals surface area (Å²) in [7, 11) is 0. The van der Waals surface area contributed by atoms with E-state index in [1.807, 2.05) is 0 Å². The van der Waals surface area contributed by atoms with Crippen LogP contribution in [0.25, 0.3) is 0 Å². The lowest BCUT2D eigenvalue weighted by Gasteiger charge is -2.05. The molecular weight excluding hydrogens is 270 g/mol. The summed E-state index contributed by atoms with van der Waals surface area (Å²) in [6, 6.07) is -0.703. The van der Waals surface area contributed by atoms with E-state index in [2.05, 4.69) is 0 Å². The maximum atomic E-state index is 10.5. The number of carbonyl (C=O) groups is 2. The highest BCUT2D eigenvalue weighted by Crippen LogP contribution is 2.12. The second-order valence-corrected chi connectivity index (χ2v) is 5.77. The first kappa shape index (κ1) is 19.9. The molecule has 0 saturated heterocycles. The number of nitrogens with two attached hydrogens (primary N) is 1. The summed E-state index contributed by atoms with van der Waals surface area (Å²) >= 11 is 0. The highest BCUT2D eigenvalue weighted by Gasteiger charge is 2.09. The van der Waals surface area contributed by atoms with E-state index in [1.54, 1.807) is 0 Å². The maximum absolute atomic E-state index is 10.5. The van der Waals surface area contributed by atoms with Gasteiger partial charge in [0.1, 0.15) is 6.04 Å². The van der Waals surface area contributed by atoms with Crippen LogP contribution in [-0.2, 0) is 9.59 Å². The number of unbranched alkanes of at least 4 members (excludes halogenated alkanes) is 10. The van der Waals surface area contributed by atoms with Crippen LogP contribution in [0.2, 0.25) is 0 Å². The molecule has 5 nitrogen and oxygen atoms in total. The van der Waals surface area contributed by atoms with E-state index in [1.165, 1.54) is 32.1 Å². The molecule has 0 spiro atoms. The molecule has 0 aromatic rings. The largest absolute Gasteiger partial charge is 0.481 e. The van der Waals surface area contributed by atoms with Crippen molar-refractivity contribution in [3.63, 3.8) is 0 Å². The first-order valence-corrected chi connectivity index (χ1v) is 8.24. The molecule has 0 aliphatic heterocycles. The molecule has 0 fully saturated rings. The van der Waals surface area contributed by atoms with Crippen molar-refractivity contribution < 1.29 is 19.8 Å². The lowest BCUT2D eigenvalue weighted by Crippen LogP contribution is -2.29. The average molecular weight is 301 g/mol. The molecule has 21 heavy (non-hydrogen) atoms. The molecular formula is C16H31NO4. The van der Waals surface area contributed by atoms with Crippen LogP contribution in [0.4, 0.5) is 0 Å². The third kappa shape index (κ3) is 15.1. The number of carboxylic acids is 2. The molecule has 1 unspecified atom stereocenters. The summed E-state index contributed by atoms with van der Waals surface area (Å²) in [5.41, 5.74) is 5.43. The van der Waals surface area contributed by atoms with Gasteiger partial charge in [-0.2, -0.15) is 0 Å². The smallest absolute Gasteiger partial charge is 0.320 e. The summed E-state index contributed by atoms with van der Waals surface area (Å²) in [4.78, 5) is 20.8. The Labute approximate surface area is 127 Å². The summed E-state index contributed by atoms with van der Waals surface area (Å²) in [5, 5.41) is 17.1. The lowest BCUT2D eigenvalue weighted by atomic mass is 10.0. The molecule has 0 aliphatic rings. The lowest BCUT2D eigenvalue weighted by molar-refractivity contribution is -0.139. The Morgan fingerprint density at radius 1 is 0.714 bits per heavy atom. The second kappa shape index (κ2) is 13.9. The van der Waals surface area contributed by atoms with Gasteiger partial charge >= 0.3 is 11.9 Å². The van der Waals surface area contributed by atoms with Gasteiger partial charge in [0.2, 0.25) is 0 Å². The van der Waals surface area contributed by atoms with Crippen LogP contribution in [0, 0.1) is 0 Å². The molecule has 0 aromatic heterocycles. The zero-order valence-corrected chi connectivity index (χ0v) is 13.1. The Morgan fingerprint density at radius 2 is 1.10 bits per heavy atom. The molecule has 0 aromatic carbocycles. The molecule has 124 valence electrons. The summed E-state index contributed by atoms with van der Waals surface area (Å²) in [6.45, 7) is 0. The first-order chi connectivity index (χ1) is 10.0. The van der Waals surface area contributed by atoms with Gasteiger partial charge in [0.15, 0.2) is 0 Å². The zero-order chi connectivity index (χ0) is 15.9. The van der Waals surface area contributed by atoms with Crippen LogP contribution in [0.5, 0.6) is 0 Å². The van der Waals surface area contributed by atoms with Crippen molar-refractivity contribution in [2.24, 2.45) is 5.73 Å². The molecule has 0 saturated carbocycles. The highest BCUT2D eigenvalue weighted by atomic mass is 16.4. The van der Waals surface area contributed by atoms with Crippen molar-refractivity contribution in [1.82, 2.24) is 0 Å². The van der Waals surface area contributed by atoms with E-state index >= 15 is 0 Å². The third-order valence-corrected chi connectivity index (χ3v) is 3.72. The summed E-state index contributed by atoms with van der Waals surface area (Å²) < 4.78 is 0. The Kier molecular flexibility index (Phi) is 13.1. The van der Waals surface area contributed by atoms with E-state index in [4.69, 9.17) is 15.9 Å². The van der Waals surface area contributed by atoms with E-state index in [0.717, 1.165) is 38.5 Å². The first-order valence-electron chi connectivity index (χ1n) is 8.24. The average Bonchev–Trinajstić information content (AvgIpc) is 2.43. The molecule has 0 bridgehead atoms. The molecule has 5 heteroatoms. The van der Waals surface area contributed by atoms with Crippen molar-refractivity contribution in [1.29, 1.82) is 0 Å². The van der Waals surface area contributed by atoms with Gasteiger partial charge in [0, 0.05) is 6.42 Å². The Morgan fingerprint density at radius 3 is 1.48 bits per heavy atom. The van der Waals surface area contributed by atoms with Crippen molar-refractivity contribution in [3.05, 3.63) is 0 Å². The van der Waals surface area contributed by atoms with Crippen molar-refractivity contribution >= 4 is 11.9 Å². The van der Waals surface area contributed by atoms with Gasteiger partial charge in [-0.05, 0) is 12.8 Å². The Hall–Kier alpha value is -1.10. The van der Waals surface area contributed by atoms with Crippen LogP contribution in [0.15, 0.2) is 0 Å². The molecule has 0 aliphatic carbocycles. The van der Waals surface area contributed by atoms with Gasteiger partial charge in [-0.15, -0.1) is 0 Å². The number of rotatable bonds is 15. The van der Waals surface area contributed by atoms with E-state index in [-0.39, 0.29) is 0 Å². The zero-order valence-electron chi connectivity index (χ0n) is 13.1. The van der Waals surface area contributed by atoms with Gasteiger partial charge in [0.05, 0.1) is 0 Å². The Bertz CT molecular complexity index is 281. The van der Waals surface area contributed by atoms with Crippen LogP contribution < -0.4 is 5.73 Å². The standard InChI is InChI=1S/C16H31NO4/c17-14(16(20)21)12-10-8-6-4-2-1-3-5-7-9-11-13-15(18)19/h14H,1-13,17H2,(H,18,19)(H,20,21). The molecule has 0 rings (SSSR count). The van der Waals surface area contributed by atoms with Crippen LogP contribution in [-0.4, -0.2) is 28.2 Å². The van der Waals surface area contributed by atoms with Gasteiger partial charge in [-0.25, -0.2) is 0 Å². The normalized spacial score (nSPS) is 12.2. The van der Waals surface area contributed by atoms with Crippen molar-refractivity contribution in [2.45, 2.75) is 89.5 Å². The molecule has 0 heterocycles.